The van der Waals surface area contributed by atoms with Gasteiger partial charge in [-0.25, -0.2) is 4.79 Å². The van der Waals surface area contributed by atoms with Crippen molar-refractivity contribution in [2.24, 2.45) is 5.16 Å². The van der Waals surface area contributed by atoms with E-state index in [0.717, 1.165) is 20.9 Å². The fourth-order valence-electron chi connectivity index (χ4n) is 3.20. The molecule has 0 unspecified atom stereocenters. The molecule has 0 aliphatic heterocycles. The van der Waals surface area contributed by atoms with Crippen LogP contribution in [0.1, 0.15) is 34.0 Å². The van der Waals surface area contributed by atoms with Gasteiger partial charge in [0.15, 0.2) is 5.78 Å². The minimum Gasteiger partial charge on any atom is -0.489 e. The number of ether oxygens (including phenoxy) is 1. The second-order valence-corrected chi connectivity index (χ2v) is 8.79. The molecule has 5 nitrogen and oxygen atoms in total. The van der Waals surface area contributed by atoms with E-state index in [1.807, 2.05) is 91.0 Å². The minimum atomic E-state index is -0.468. The van der Waals surface area contributed by atoms with Gasteiger partial charge in [0.1, 0.15) is 12.4 Å². The lowest BCUT2D eigenvalue weighted by atomic mass is 10.0. The first-order chi connectivity index (χ1) is 17.1. The van der Waals surface area contributed by atoms with Crippen LogP contribution >= 0.6 is 11.8 Å². The topological polar surface area (TPSA) is 65.0 Å². The zero-order chi connectivity index (χ0) is 24.5. The third kappa shape index (κ3) is 7.16. The Morgan fingerprint density at radius 2 is 1.37 bits per heavy atom. The summed E-state index contributed by atoms with van der Waals surface area (Å²) in [7, 11) is 0. The Balaban J connectivity index is 1.31. The summed E-state index contributed by atoms with van der Waals surface area (Å²) < 4.78 is 5.82. The second kappa shape index (κ2) is 11.8. The van der Waals surface area contributed by atoms with E-state index >= 15 is 0 Å². The number of hydrogen-bond donors (Lipinski definition) is 0. The molecule has 0 saturated carbocycles. The van der Waals surface area contributed by atoms with Gasteiger partial charge in [0.05, 0.1) is 6.21 Å². The van der Waals surface area contributed by atoms with Gasteiger partial charge in [-0.3, -0.25) is 4.79 Å². The fraction of sp³-hybridized carbons (Fsp3) is 0.0690. The summed E-state index contributed by atoms with van der Waals surface area (Å²) in [6.07, 6.45) is 1.45. The van der Waals surface area contributed by atoms with Gasteiger partial charge >= 0.3 is 5.97 Å². The lowest BCUT2D eigenvalue weighted by Crippen LogP contribution is -2.02. The number of carbonyl (C=O) groups excluding carboxylic acids is 2. The van der Waals surface area contributed by atoms with Crippen molar-refractivity contribution in [3.63, 3.8) is 0 Å². The van der Waals surface area contributed by atoms with E-state index in [-0.39, 0.29) is 5.78 Å². The van der Waals surface area contributed by atoms with Gasteiger partial charge in [-0.1, -0.05) is 59.4 Å². The van der Waals surface area contributed by atoms with Crippen LogP contribution in [-0.2, 0) is 16.2 Å². The Bertz CT molecular complexity index is 1300. The van der Waals surface area contributed by atoms with E-state index in [0.29, 0.717) is 23.5 Å². The van der Waals surface area contributed by atoms with Crippen molar-refractivity contribution in [3.05, 3.63) is 125 Å². The molecule has 174 valence electrons. The number of benzene rings is 4. The van der Waals surface area contributed by atoms with Gasteiger partial charge in [-0.15, -0.1) is 0 Å². The Hall–Kier alpha value is -4.16. The molecule has 0 N–H and O–H groups in total. The summed E-state index contributed by atoms with van der Waals surface area (Å²) in [5.74, 6) is 0.216. The second-order valence-electron chi connectivity index (χ2n) is 7.64. The maximum absolute atomic E-state index is 12.9. The first-order valence-electron chi connectivity index (χ1n) is 11.0. The SMILES string of the molecule is CC(=O)ON=Cc1ccc(OCc2ccc(C(=O)c3ccc(Sc4ccccc4)cc3)cc2)cc1. The highest BCUT2D eigenvalue weighted by molar-refractivity contribution is 7.99. The average molecular weight is 482 g/mol. The van der Waals surface area contributed by atoms with E-state index in [1.54, 1.807) is 11.8 Å². The van der Waals surface area contributed by atoms with Crippen LogP contribution in [0.25, 0.3) is 0 Å². The van der Waals surface area contributed by atoms with E-state index < -0.39 is 5.97 Å². The van der Waals surface area contributed by atoms with Gasteiger partial charge in [0.25, 0.3) is 0 Å². The monoisotopic (exact) mass is 481 g/mol. The molecule has 0 fully saturated rings. The number of rotatable bonds is 9. The van der Waals surface area contributed by atoms with E-state index in [1.165, 1.54) is 13.1 Å². The molecule has 0 heterocycles. The van der Waals surface area contributed by atoms with Crippen molar-refractivity contribution in [1.29, 1.82) is 0 Å². The van der Waals surface area contributed by atoms with Crippen LogP contribution in [0.3, 0.4) is 0 Å². The van der Waals surface area contributed by atoms with Crippen LogP contribution in [0.15, 0.2) is 118 Å². The standard InChI is InChI=1S/C29H23NO4S/c1-21(31)34-30-19-22-9-15-26(16-10-22)33-20-23-7-11-24(12-8-23)29(32)25-13-17-28(18-14-25)35-27-5-3-2-4-6-27/h2-19H,20H2,1H3. The molecule has 0 aromatic heterocycles. The van der Waals surface area contributed by atoms with Crippen LogP contribution in [0.4, 0.5) is 0 Å². The average Bonchev–Trinajstić information content (AvgIpc) is 2.89. The Kier molecular flexibility index (Phi) is 8.09. The summed E-state index contributed by atoms with van der Waals surface area (Å²) in [6.45, 7) is 1.67. The van der Waals surface area contributed by atoms with Crippen LogP contribution in [0.2, 0.25) is 0 Å². The van der Waals surface area contributed by atoms with Crippen LogP contribution in [0.5, 0.6) is 5.75 Å². The van der Waals surface area contributed by atoms with Crippen molar-refractivity contribution in [1.82, 2.24) is 0 Å². The normalized spacial score (nSPS) is 10.8. The van der Waals surface area contributed by atoms with Crippen molar-refractivity contribution < 1.29 is 19.2 Å². The van der Waals surface area contributed by atoms with Crippen LogP contribution in [-0.4, -0.2) is 18.0 Å². The van der Waals surface area contributed by atoms with Gasteiger partial charge in [0, 0.05) is 27.8 Å². The predicted octanol–water partition coefficient (Wildman–Crippen LogP) is 6.54. The zero-order valence-corrected chi connectivity index (χ0v) is 19.9. The molecule has 0 radical (unpaired) electrons. The number of ketones is 1. The molecule has 0 aliphatic carbocycles. The van der Waals surface area contributed by atoms with Crippen LogP contribution < -0.4 is 4.74 Å². The number of hydrogen-bond acceptors (Lipinski definition) is 6. The highest BCUT2D eigenvalue weighted by Crippen LogP contribution is 2.27. The fourth-order valence-corrected chi connectivity index (χ4v) is 4.03. The number of nitrogens with zero attached hydrogens (tertiary/aromatic N) is 1. The van der Waals surface area contributed by atoms with Gasteiger partial charge < -0.3 is 9.57 Å². The smallest absolute Gasteiger partial charge is 0.331 e. The van der Waals surface area contributed by atoms with Crippen molar-refractivity contribution >= 4 is 29.7 Å². The largest absolute Gasteiger partial charge is 0.489 e. The maximum Gasteiger partial charge on any atom is 0.331 e. The molecule has 0 spiro atoms. The molecule has 0 bridgehead atoms. The molecular weight excluding hydrogens is 458 g/mol. The van der Waals surface area contributed by atoms with E-state index in [9.17, 15) is 9.59 Å². The Labute approximate surface area is 208 Å². The first kappa shape index (κ1) is 24.0. The third-order valence-electron chi connectivity index (χ3n) is 4.98. The quantitative estimate of drug-likeness (QED) is 0.117. The summed E-state index contributed by atoms with van der Waals surface area (Å²) in [4.78, 5) is 30.4. The van der Waals surface area contributed by atoms with E-state index in [2.05, 4.69) is 22.1 Å². The summed E-state index contributed by atoms with van der Waals surface area (Å²) >= 11 is 1.67. The third-order valence-corrected chi connectivity index (χ3v) is 6.00. The Morgan fingerprint density at radius 3 is 2.00 bits per heavy atom. The van der Waals surface area contributed by atoms with Gasteiger partial charge in [0.2, 0.25) is 0 Å². The van der Waals surface area contributed by atoms with Gasteiger partial charge in [-0.2, -0.15) is 0 Å². The summed E-state index contributed by atoms with van der Waals surface area (Å²) in [5.41, 5.74) is 3.03. The Morgan fingerprint density at radius 1 is 0.771 bits per heavy atom. The summed E-state index contributed by atoms with van der Waals surface area (Å²) in [5, 5.41) is 3.59. The molecule has 0 aliphatic rings. The molecule has 0 atom stereocenters. The lowest BCUT2D eigenvalue weighted by molar-refractivity contribution is -0.140. The van der Waals surface area contributed by atoms with Crippen molar-refractivity contribution in [3.8, 4) is 5.75 Å². The molecule has 0 saturated heterocycles. The molecule has 0 amide bonds. The molecule has 6 heteroatoms. The van der Waals surface area contributed by atoms with E-state index in [4.69, 9.17) is 4.74 Å². The molecule has 4 rings (SSSR count). The number of carbonyl (C=O) groups is 2. The lowest BCUT2D eigenvalue weighted by Gasteiger charge is -2.08. The maximum atomic E-state index is 12.9. The van der Waals surface area contributed by atoms with Gasteiger partial charge in [-0.05, 0) is 71.8 Å². The molecule has 4 aromatic rings. The first-order valence-corrected chi connectivity index (χ1v) is 11.8. The zero-order valence-electron chi connectivity index (χ0n) is 19.1. The predicted molar refractivity (Wildman–Crippen MR) is 137 cm³/mol. The highest BCUT2D eigenvalue weighted by Gasteiger charge is 2.09. The number of oxime groups is 1. The van der Waals surface area contributed by atoms with Crippen LogP contribution in [0, 0.1) is 0 Å². The molecule has 4 aromatic carbocycles. The molecule has 35 heavy (non-hydrogen) atoms. The summed E-state index contributed by atoms with van der Waals surface area (Å²) in [6, 6.07) is 32.5. The van der Waals surface area contributed by atoms with Crippen molar-refractivity contribution in [2.45, 2.75) is 23.3 Å². The van der Waals surface area contributed by atoms with Crippen molar-refractivity contribution in [2.75, 3.05) is 0 Å². The minimum absolute atomic E-state index is 0.0141. The highest BCUT2D eigenvalue weighted by atomic mass is 32.2. The molecular formula is C29H23NO4S.